The Balaban J connectivity index is 1.26. The number of hydrogen-bond donors (Lipinski definition) is 3. The number of rotatable bonds is 10. The van der Waals surface area contributed by atoms with Gasteiger partial charge in [0.15, 0.2) is 0 Å². The monoisotopic (exact) mass is 493 g/mol. The normalized spacial score (nSPS) is 17.9. The second-order valence-electron chi connectivity index (χ2n) is 9.67. The van der Waals surface area contributed by atoms with Crippen molar-refractivity contribution in [3.63, 3.8) is 0 Å². The van der Waals surface area contributed by atoms with E-state index in [0.29, 0.717) is 12.0 Å². The number of carbonyl (C=O) groups excluding carboxylic acids is 2. The molecular weight excluding hydrogens is 458 g/mol. The van der Waals surface area contributed by atoms with Gasteiger partial charge in [0.25, 0.3) is 5.91 Å². The molecule has 1 amide bonds. The second-order valence-corrected chi connectivity index (χ2v) is 9.67. The van der Waals surface area contributed by atoms with Gasteiger partial charge in [-0.2, -0.15) is 0 Å². The van der Waals surface area contributed by atoms with Gasteiger partial charge in [0.2, 0.25) is 0 Å². The third-order valence-electron chi connectivity index (χ3n) is 6.96. The Morgan fingerprint density at radius 1 is 0.917 bits per heavy atom. The maximum atomic E-state index is 12.7. The van der Waals surface area contributed by atoms with E-state index in [2.05, 4.69) is 27.7 Å². The molecule has 192 valence electrons. The third-order valence-corrected chi connectivity index (χ3v) is 6.96. The lowest BCUT2D eigenvalue weighted by Crippen LogP contribution is -2.48. The predicted octanol–water partition coefficient (Wildman–Crippen LogP) is 2.06. The summed E-state index contributed by atoms with van der Waals surface area (Å²) in [6, 6.07) is 14.1. The summed E-state index contributed by atoms with van der Waals surface area (Å²) in [5.74, 6) is -1.40. The van der Waals surface area contributed by atoms with Crippen LogP contribution in [0.25, 0.3) is 0 Å². The van der Waals surface area contributed by atoms with Crippen molar-refractivity contribution >= 4 is 17.7 Å². The Morgan fingerprint density at radius 3 is 2.06 bits per heavy atom. The van der Waals surface area contributed by atoms with E-state index in [1.165, 1.54) is 5.56 Å². The van der Waals surface area contributed by atoms with Crippen LogP contribution in [0.2, 0.25) is 0 Å². The summed E-state index contributed by atoms with van der Waals surface area (Å²) >= 11 is 0. The van der Waals surface area contributed by atoms with Crippen molar-refractivity contribution in [1.29, 1.82) is 0 Å². The SMILES string of the molecule is O=C(Cc1ccc(CN2CCOCC2)cc1)Cc1ccc(C(=O)NC(C(=O)O)C2CCNCC2)cc1. The number of ketones is 1. The highest BCUT2D eigenvalue weighted by atomic mass is 16.5. The topological polar surface area (TPSA) is 108 Å². The van der Waals surface area contributed by atoms with Gasteiger partial charge in [0.05, 0.1) is 13.2 Å². The molecule has 36 heavy (non-hydrogen) atoms. The van der Waals surface area contributed by atoms with Crippen LogP contribution >= 0.6 is 0 Å². The Kier molecular flexibility index (Phi) is 9.22. The number of morpholine rings is 1. The van der Waals surface area contributed by atoms with Crippen molar-refractivity contribution in [2.45, 2.75) is 38.3 Å². The minimum atomic E-state index is -1.01. The summed E-state index contributed by atoms with van der Waals surface area (Å²) < 4.78 is 5.39. The molecule has 0 bridgehead atoms. The van der Waals surface area contributed by atoms with Gasteiger partial charge in [0.1, 0.15) is 11.8 Å². The largest absolute Gasteiger partial charge is 0.480 e. The van der Waals surface area contributed by atoms with Crippen molar-refractivity contribution in [3.8, 4) is 0 Å². The summed E-state index contributed by atoms with van der Waals surface area (Å²) in [6.45, 7) is 5.84. The molecule has 8 nitrogen and oxygen atoms in total. The molecule has 2 fully saturated rings. The molecule has 2 aliphatic heterocycles. The van der Waals surface area contributed by atoms with E-state index < -0.39 is 17.9 Å². The molecule has 2 aliphatic rings. The number of Topliss-reactive ketones (excluding diaryl/α,β-unsaturated/α-hetero) is 1. The van der Waals surface area contributed by atoms with E-state index in [9.17, 15) is 19.5 Å². The van der Waals surface area contributed by atoms with Crippen LogP contribution in [0.1, 0.15) is 39.9 Å². The van der Waals surface area contributed by atoms with Crippen LogP contribution in [-0.4, -0.2) is 73.1 Å². The van der Waals surface area contributed by atoms with E-state index in [-0.39, 0.29) is 18.1 Å². The summed E-state index contributed by atoms with van der Waals surface area (Å²) in [6.07, 6.45) is 2.07. The van der Waals surface area contributed by atoms with Gasteiger partial charge in [-0.3, -0.25) is 14.5 Å². The van der Waals surface area contributed by atoms with Crippen molar-refractivity contribution in [2.24, 2.45) is 5.92 Å². The van der Waals surface area contributed by atoms with E-state index in [4.69, 9.17) is 4.74 Å². The number of ether oxygens (including phenoxy) is 1. The van der Waals surface area contributed by atoms with Crippen LogP contribution in [0.5, 0.6) is 0 Å². The van der Waals surface area contributed by atoms with Gasteiger partial charge >= 0.3 is 5.97 Å². The minimum absolute atomic E-state index is 0.0852. The first-order valence-electron chi connectivity index (χ1n) is 12.7. The lowest BCUT2D eigenvalue weighted by Gasteiger charge is -2.28. The summed E-state index contributed by atoms with van der Waals surface area (Å²) in [5, 5.41) is 15.5. The summed E-state index contributed by atoms with van der Waals surface area (Å²) in [7, 11) is 0. The van der Waals surface area contributed by atoms with Gasteiger partial charge in [0, 0.05) is 38.0 Å². The molecule has 1 atom stereocenters. The molecule has 0 saturated carbocycles. The molecule has 3 N–H and O–H groups in total. The van der Waals surface area contributed by atoms with Gasteiger partial charge in [-0.25, -0.2) is 4.79 Å². The Bertz CT molecular complexity index is 1030. The van der Waals surface area contributed by atoms with Crippen LogP contribution in [0, 0.1) is 5.92 Å². The zero-order valence-corrected chi connectivity index (χ0v) is 20.6. The van der Waals surface area contributed by atoms with E-state index in [1.54, 1.807) is 24.3 Å². The van der Waals surface area contributed by atoms with Crippen LogP contribution in [0.15, 0.2) is 48.5 Å². The molecule has 8 heteroatoms. The maximum Gasteiger partial charge on any atom is 0.326 e. The smallest absolute Gasteiger partial charge is 0.326 e. The average molecular weight is 494 g/mol. The molecule has 1 unspecified atom stereocenters. The number of amides is 1. The number of hydrogen-bond acceptors (Lipinski definition) is 6. The maximum absolute atomic E-state index is 12.7. The van der Waals surface area contributed by atoms with Crippen LogP contribution in [-0.2, 0) is 33.7 Å². The number of carbonyl (C=O) groups is 3. The first-order valence-corrected chi connectivity index (χ1v) is 12.7. The first-order chi connectivity index (χ1) is 17.5. The standard InChI is InChI=1S/C28H35N3O5/c32-25(17-20-1-3-22(4-2-20)19-31-13-15-36-16-14-31)18-21-5-7-24(8-6-21)27(33)30-26(28(34)35)23-9-11-29-12-10-23/h1-8,23,26,29H,9-19H2,(H,30,33)(H,34,35). The third kappa shape index (κ3) is 7.46. The lowest BCUT2D eigenvalue weighted by atomic mass is 9.90. The number of carboxylic acids is 1. The zero-order chi connectivity index (χ0) is 25.3. The molecule has 2 aromatic rings. The molecule has 2 heterocycles. The number of aliphatic carboxylic acids is 1. The summed E-state index contributed by atoms with van der Waals surface area (Å²) in [4.78, 5) is 39.4. The van der Waals surface area contributed by atoms with Crippen LogP contribution in [0.3, 0.4) is 0 Å². The van der Waals surface area contributed by atoms with Crippen molar-refractivity contribution < 1.29 is 24.2 Å². The molecule has 0 radical (unpaired) electrons. The van der Waals surface area contributed by atoms with Gasteiger partial charge in [-0.1, -0.05) is 36.4 Å². The van der Waals surface area contributed by atoms with Gasteiger partial charge in [-0.15, -0.1) is 0 Å². The molecule has 0 spiro atoms. The van der Waals surface area contributed by atoms with Gasteiger partial charge < -0.3 is 20.5 Å². The fraction of sp³-hybridized carbons (Fsp3) is 0.464. The number of nitrogens with one attached hydrogen (secondary N) is 2. The highest BCUT2D eigenvalue weighted by molar-refractivity contribution is 5.96. The molecule has 0 aromatic heterocycles. The van der Waals surface area contributed by atoms with E-state index >= 15 is 0 Å². The second kappa shape index (κ2) is 12.8. The number of nitrogens with zero attached hydrogens (tertiary/aromatic N) is 1. The fourth-order valence-corrected chi connectivity index (χ4v) is 4.86. The predicted molar refractivity (Wildman–Crippen MR) is 136 cm³/mol. The zero-order valence-electron chi connectivity index (χ0n) is 20.6. The highest BCUT2D eigenvalue weighted by Crippen LogP contribution is 2.18. The Labute approximate surface area is 212 Å². The van der Waals surface area contributed by atoms with Crippen LogP contribution < -0.4 is 10.6 Å². The fourth-order valence-electron chi connectivity index (χ4n) is 4.86. The van der Waals surface area contributed by atoms with E-state index in [1.807, 2.05) is 12.1 Å². The first kappa shape index (κ1) is 26.0. The minimum Gasteiger partial charge on any atom is -0.480 e. The van der Waals surface area contributed by atoms with Gasteiger partial charge in [-0.05, 0) is 60.7 Å². The molecular formula is C28H35N3O5. The number of benzene rings is 2. The highest BCUT2D eigenvalue weighted by Gasteiger charge is 2.30. The molecule has 0 aliphatic carbocycles. The number of carboxylic acid groups (broad SMARTS) is 1. The lowest BCUT2D eigenvalue weighted by molar-refractivity contribution is -0.141. The van der Waals surface area contributed by atoms with Crippen molar-refractivity contribution in [3.05, 3.63) is 70.8 Å². The number of piperidine rings is 1. The van der Waals surface area contributed by atoms with Crippen LogP contribution in [0.4, 0.5) is 0 Å². The Morgan fingerprint density at radius 2 is 1.47 bits per heavy atom. The molecule has 4 rings (SSSR count). The Hall–Kier alpha value is -3.07. The molecule has 2 aromatic carbocycles. The van der Waals surface area contributed by atoms with Crippen molar-refractivity contribution in [1.82, 2.24) is 15.5 Å². The summed E-state index contributed by atoms with van der Waals surface area (Å²) in [5.41, 5.74) is 3.43. The molecule has 2 saturated heterocycles. The average Bonchev–Trinajstić information content (AvgIpc) is 2.89. The quantitative estimate of drug-likeness (QED) is 0.465. The van der Waals surface area contributed by atoms with E-state index in [0.717, 1.165) is 69.9 Å². The van der Waals surface area contributed by atoms with Crippen molar-refractivity contribution in [2.75, 3.05) is 39.4 Å².